The highest BCUT2D eigenvalue weighted by Crippen LogP contribution is 2.07. The van der Waals surface area contributed by atoms with Gasteiger partial charge in [0.05, 0.1) is 6.61 Å². The summed E-state index contributed by atoms with van der Waals surface area (Å²) in [4.78, 5) is 13.6. The molecule has 96 valence electrons. The summed E-state index contributed by atoms with van der Waals surface area (Å²) in [7, 11) is 1.64. The number of amides is 1. The minimum Gasteiger partial charge on any atom is -0.395 e. The van der Waals surface area contributed by atoms with Crippen LogP contribution in [0.25, 0.3) is 0 Å². The minimum atomic E-state index is 0.0358. The first-order valence-electron chi connectivity index (χ1n) is 6.03. The van der Waals surface area contributed by atoms with Gasteiger partial charge in [0, 0.05) is 33.2 Å². The molecule has 0 saturated heterocycles. The zero-order chi connectivity index (χ0) is 12.4. The van der Waals surface area contributed by atoms with Crippen LogP contribution in [0.2, 0.25) is 0 Å². The van der Waals surface area contributed by atoms with Gasteiger partial charge in [0.15, 0.2) is 0 Å². The topological polar surface area (TPSA) is 49.8 Å². The van der Waals surface area contributed by atoms with E-state index in [1.165, 1.54) is 0 Å². The zero-order valence-electron chi connectivity index (χ0n) is 10.7. The molecule has 1 unspecified atom stereocenters. The Labute approximate surface area is 98.6 Å². The van der Waals surface area contributed by atoms with Crippen LogP contribution in [0.15, 0.2) is 0 Å². The quantitative estimate of drug-likeness (QED) is 0.650. The van der Waals surface area contributed by atoms with Crippen molar-refractivity contribution in [3.8, 4) is 0 Å². The highest BCUT2D eigenvalue weighted by molar-refractivity contribution is 5.76. The van der Waals surface area contributed by atoms with E-state index in [1.807, 2.05) is 6.92 Å². The molecule has 0 aliphatic heterocycles. The van der Waals surface area contributed by atoms with E-state index in [-0.39, 0.29) is 18.4 Å². The van der Waals surface area contributed by atoms with E-state index in [0.29, 0.717) is 19.6 Å². The molecule has 0 aromatic carbocycles. The first kappa shape index (κ1) is 15.4. The number of aliphatic hydroxyl groups is 1. The Hall–Kier alpha value is -0.610. The Bertz CT molecular complexity index is 185. The Morgan fingerprint density at radius 1 is 1.44 bits per heavy atom. The number of ether oxygens (including phenoxy) is 1. The van der Waals surface area contributed by atoms with Gasteiger partial charge in [0.25, 0.3) is 0 Å². The van der Waals surface area contributed by atoms with E-state index in [2.05, 4.69) is 6.92 Å². The molecule has 16 heavy (non-hydrogen) atoms. The second kappa shape index (κ2) is 9.60. The standard InChI is InChI=1S/C12H25NO3/c1-4-5-6-13(7-8-14)12(15)9-11(2)10-16-3/h11,14H,4-10H2,1-3H3. The number of rotatable bonds is 9. The monoisotopic (exact) mass is 231 g/mol. The van der Waals surface area contributed by atoms with Crippen molar-refractivity contribution in [2.24, 2.45) is 5.92 Å². The van der Waals surface area contributed by atoms with E-state index >= 15 is 0 Å². The maximum atomic E-state index is 11.9. The van der Waals surface area contributed by atoms with Crippen LogP contribution >= 0.6 is 0 Å². The molecule has 0 bridgehead atoms. The van der Waals surface area contributed by atoms with Gasteiger partial charge in [-0.1, -0.05) is 20.3 Å². The van der Waals surface area contributed by atoms with E-state index in [1.54, 1.807) is 12.0 Å². The number of nitrogens with zero attached hydrogens (tertiary/aromatic N) is 1. The molecule has 0 fully saturated rings. The summed E-state index contributed by atoms with van der Waals surface area (Å²) in [6, 6.07) is 0. The smallest absolute Gasteiger partial charge is 0.223 e. The fourth-order valence-corrected chi connectivity index (χ4v) is 1.60. The van der Waals surface area contributed by atoms with Gasteiger partial charge in [0.2, 0.25) is 5.91 Å². The molecule has 0 spiro atoms. The maximum Gasteiger partial charge on any atom is 0.223 e. The number of unbranched alkanes of at least 4 members (excludes halogenated alkanes) is 1. The third kappa shape index (κ3) is 6.80. The van der Waals surface area contributed by atoms with E-state index in [4.69, 9.17) is 9.84 Å². The van der Waals surface area contributed by atoms with E-state index in [0.717, 1.165) is 19.4 Å². The minimum absolute atomic E-state index is 0.0358. The number of carbonyl (C=O) groups is 1. The molecule has 1 amide bonds. The lowest BCUT2D eigenvalue weighted by Gasteiger charge is -2.23. The molecule has 1 atom stereocenters. The van der Waals surface area contributed by atoms with Gasteiger partial charge >= 0.3 is 0 Å². The molecule has 0 aromatic heterocycles. The summed E-state index contributed by atoms with van der Waals surface area (Å²) >= 11 is 0. The van der Waals surface area contributed by atoms with Crippen LogP contribution in [0.4, 0.5) is 0 Å². The van der Waals surface area contributed by atoms with Crippen LogP contribution in [-0.2, 0) is 9.53 Å². The molecule has 4 nitrogen and oxygen atoms in total. The lowest BCUT2D eigenvalue weighted by Crippen LogP contribution is -2.35. The average molecular weight is 231 g/mol. The first-order valence-corrected chi connectivity index (χ1v) is 6.03. The third-order valence-electron chi connectivity index (χ3n) is 2.48. The lowest BCUT2D eigenvalue weighted by molar-refractivity contribution is -0.133. The number of methoxy groups -OCH3 is 1. The second-order valence-electron chi connectivity index (χ2n) is 4.22. The summed E-state index contributed by atoms with van der Waals surface area (Å²) < 4.78 is 5.01. The lowest BCUT2D eigenvalue weighted by atomic mass is 10.1. The van der Waals surface area contributed by atoms with Crippen LogP contribution in [0.5, 0.6) is 0 Å². The van der Waals surface area contributed by atoms with Crippen molar-refractivity contribution in [3.05, 3.63) is 0 Å². The number of carbonyl (C=O) groups excluding carboxylic acids is 1. The Balaban J connectivity index is 4.04. The number of hydrogen-bond donors (Lipinski definition) is 1. The van der Waals surface area contributed by atoms with Crippen LogP contribution in [-0.4, -0.2) is 49.3 Å². The normalized spacial score (nSPS) is 12.5. The van der Waals surface area contributed by atoms with Crippen LogP contribution in [0, 0.1) is 5.92 Å². The largest absolute Gasteiger partial charge is 0.395 e. The Kier molecular flexibility index (Phi) is 9.24. The van der Waals surface area contributed by atoms with Crippen LogP contribution in [0.1, 0.15) is 33.1 Å². The molecule has 4 heteroatoms. The van der Waals surface area contributed by atoms with Gasteiger partial charge in [-0.15, -0.1) is 0 Å². The van der Waals surface area contributed by atoms with Gasteiger partial charge in [-0.3, -0.25) is 4.79 Å². The molecule has 0 saturated carbocycles. The predicted octanol–water partition coefficient (Wildman–Crippen LogP) is 1.28. The van der Waals surface area contributed by atoms with Gasteiger partial charge in [-0.25, -0.2) is 0 Å². The second-order valence-corrected chi connectivity index (χ2v) is 4.22. The van der Waals surface area contributed by atoms with Crippen molar-refractivity contribution in [1.29, 1.82) is 0 Å². The Morgan fingerprint density at radius 3 is 2.62 bits per heavy atom. The van der Waals surface area contributed by atoms with Crippen molar-refractivity contribution in [1.82, 2.24) is 4.90 Å². The molecule has 0 rings (SSSR count). The first-order chi connectivity index (χ1) is 7.65. The van der Waals surface area contributed by atoms with Crippen molar-refractivity contribution < 1.29 is 14.6 Å². The molecule has 0 aliphatic carbocycles. The fourth-order valence-electron chi connectivity index (χ4n) is 1.60. The molecular weight excluding hydrogens is 206 g/mol. The van der Waals surface area contributed by atoms with Crippen molar-refractivity contribution in [2.75, 3.05) is 33.4 Å². The zero-order valence-corrected chi connectivity index (χ0v) is 10.7. The highest BCUT2D eigenvalue weighted by atomic mass is 16.5. The SMILES string of the molecule is CCCCN(CCO)C(=O)CC(C)COC. The Morgan fingerprint density at radius 2 is 2.12 bits per heavy atom. The van der Waals surface area contributed by atoms with Crippen molar-refractivity contribution in [2.45, 2.75) is 33.1 Å². The number of aliphatic hydroxyl groups excluding tert-OH is 1. The van der Waals surface area contributed by atoms with Gasteiger partial charge in [0.1, 0.15) is 0 Å². The molecule has 1 N–H and O–H groups in total. The highest BCUT2D eigenvalue weighted by Gasteiger charge is 2.15. The third-order valence-corrected chi connectivity index (χ3v) is 2.48. The predicted molar refractivity (Wildman–Crippen MR) is 64.2 cm³/mol. The number of hydrogen-bond acceptors (Lipinski definition) is 3. The van der Waals surface area contributed by atoms with Gasteiger partial charge in [-0.05, 0) is 12.3 Å². The van der Waals surface area contributed by atoms with E-state index in [9.17, 15) is 4.79 Å². The van der Waals surface area contributed by atoms with Crippen LogP contribution in [0.3, 0.4) is 0 Å². The molecular formula is C12H25NO3. The summed E-state index contributed by atoms with van der Waals surface area (Å²) in [6.07, 6.45) is 2.55. The molecule has 0 aromatic rings. The maximum absolute atomic E-state index is 11.9. The average Bonchev–Trinajstić information content (AvgIpc) is 2.24. The van der Waals surface area contributed by atoms with Crippen molar-refractivity contribution in [3.63, 3.8) is 0 Å². The summed E-state index contributed by atoms with van der Waals surface area (Å²) in [5.41, 5.74) is 0. The fraction of sp³-hybridized carbons (Fsp3) is 0.917. The van der Waals surface area contributed by atoms with Crippen LogP contribution < -0.4 is 0 Å². The van der Waals surface area contributed by atoms with Crippen molar-refractivity contribution >= 4 is 5.91 Å². The summed E-state index contributed by atoms with van der Waals surface area (Å²) in [5, 5.41) is 8.90. The molecule has 0 aliphatic rings. The van der Waals surface area contributed by atoms with Gasteiger partial charge < -0.3 is 14.7 Å². The van der Waals surface area contributed by atoms with E-state index < -0.39 is 0 Å². The summed E-state index contributed by atoms with van der Waals surface area (Å²) in [5.74, 6) is 0.354. The summed E-state index contributed by atoms with van der Waals surface area (Å²) in [6.45, 7) is 5.92. The molecule has 0 radical (unpaired) electrons. The van der Waals surface area contributed by atoms with Gasteiger partial charge in [-0.2, -0.15) is 0 Å². The molecule has 0 heterocycles.